The average Bonchev–Trinajstić information content (AvgIpc) is 2.90. The first-order valence-corrected chi connectivity index (χ1v) is 6.49. The van der Waals surface area contributed by atoms with Crippen molar-refractivity contribution in [3.05, 3.63) is 11.8 Å². The number of amides is 1. The molecule has 0 bridgehead atoms. The maximum atomic E-state index is 12.3. The minimum absolute atomic E-state index is 0.0180. The molecule has 0 radical (unpaired) electrons. The van der Waals surface area contributed by atoms with Crippen molar-refractivity contribution >= 4 is 11.7 Å². The van der Waals surface area contributed by atoms with Crippen LogP contribution in [0.4, 0.5) is 0 Å². The lowest BCUT2D eigenvalue weighted by Crippen LogP contribution is -2.43. The number of carbonyl (C=O) groups excluding carboxylic acids is 2. The van der Waals surface area contributed by atoms with Crippen LogP contribution < -0.4 is 5.32 Å². The minimum Gasteiger partial charge on any atom is -0.418 e. The van der Waals surface area contributed by atoms with Crippen molar-refractivity contribution < 1.29 is 14.0 Å². The van der Waals surface area contributed by atoms with Crippen molar-refractivity contribution in [1.82, 2.24) is 15.5 Å². The second-order valence-corrected chi connectivity index (χ2v) is 5.76. The number of ketones is 1. The molecule has 1 aliphatic carbocycles. The molecule has 1 heterocycles. The molecule has 1 amide bonds. The summed E-state index contributed by atoms with van der Waals surface area (Å²) in [7, 11) is 0. The van der Waals surface area contributed by atoms with Crippen LogP contribution in [0.3, 0.4) is 0 Å². The Balaban J connectivity index is 2.17. The van der Waals surface area contributed by atoms with Gasteiger partial charge in [0, 0.05) is 12.3 Å². The van der Waals surface area contributed by atoms with Crippen LogP contribution >= 0.6 is 0 Å². The molecule has 1 aliphatic rings. The van der Waals surface area contributed by atoms with Gasteiger partial charge in [-0.25, -0.2) is 0 Å². The van der Waals surface area contributed by atoms with Crippen molar-refractivity contribution in [2.75, 3.05) is 0 Å². The van der Waals surface area contributed by atoms with E-state index >= 15 is 0 Å². The molecule has 0 aliphatic heterocycles. The summed E-state index contributed by atoms with van der Waals surface area (Å²) < 4.78 is 5.46. The van der Waals surface area contributed by atoms with Crippen LogP contribution in [0.1, 0.15) is 57.1 Å². The zero-order valence-electron chi connectivity index (χ0n) is 11.7. The summed E-state index contributed by atoms with van der Waals surface area (Å²) in [6.07, 6.45) is 2.00. The van der Waals surface area contributed by atoms with Gasteiger partial charge in [-0.15, -0.1) is 10.2 Å². The lowest BCUT2D eigenvalue weighted by atomic mass is 10.00. The SMILES string of the molecule is CC(=O)NC(C(=O)c1nnc(C2(C)CC2)o1)C(C)C. The van der Waals surface area contributed by atoms with Crippen molar-refractivity contribution in [3.8, 4) is 0 Å². The molecule has 1 fully saturated rings. The normalized spacial score (nSPS) is 18.2. The van der Waals surface area contributed by atoms with E-state index in [9.17, 15) is 9.59 Å². The Kier molecular flexibility index (Phi) is 3.43. The van der Waals surface area contributed by atoms with Gasteiger partial charge in [-0.1, -0.05) is 20.8 Å². The molecule has 0 aromatic carbocycles. The van der Waals surface area contributed by atoms with E-state index in [2.05, 4.69) is 15.5 Å². The number of hydrogen-bond donors (Lipinski definition) is 1. The van der Waals surface area contributed by atoms with Crippen molar-refractivity contribution in [2.45, 2.75) is 52.0 Å². The van der Waals surface area contributed by atoms with E-state index in [1.807, 2.05) is 20.8 Å². The summed E-state index contributed by atoms with van der Waals surface area (Å²) >= 11 is 0. The molecule has 6 nitrogen and oxygen atoms in total. The second kappa shape index (κ2) is 4.75. The first kappa shape index (κ1) is 13.7. The summed E-state index contributed by atoms with van der Waals surface area (Å²) in [5, 5.41) is 10.4. The third-order valence-corrected chi connectivity index (χ3v) is 3.46. The number of Topliss-reactive ketones (excluding diaryl/α,β-unsaturated/α-hetero) is 1. The van der Waals surface area contributed by atoms with E-state index in [-0.39, 0.29) is 28.9 Å². The highest BCUT2D eigenvalue weighted by atomic mass is 16.4. The molecule has 0 spiro atoms. The fraction of sp³-hybridized carbons (Fsp3) is 0.692. The Morgan fingerprint density at radius 1 is 1.32 bits per heavy atom. The van der Waals surface area contributed by atoms with Gasteiger partial charge >= 0.3 is 0 Å². The zero-order chi connectivity index (χ0) is 14.2. The van der Waals surface area contributed by atoms with Crippen LogP contribution in [0.25, 0.3) is 0 Å². The molecule has 2 rings (SSSR count). The largest absolute Gasteiger partial charge is 0.418 e. The Bertz CT molecular complexity index is 503. The van der Waals surface area contributed by atoms with Crippen LogP contribution in [-0.4, -0.2) is 27.9 Å². The van der Waals surface area contributed by atoms with Gasteiger partial charge in [0.15, 0.2) is 0 Å². The van der Waals surface area contributed by atoms with Gasteiger partial charge in [-0.05, 0) is 18.8 Å². The van der Waals surface area contributed by atoms with E-state index in [1.54, 1.807) is 0 Å². The van der Waals surface area contributed by atoms with Gasteiger partial charge in [0.25, 0.3) is 5.89 Å². The number of nitrogens with zero attached hydrogens (tertiary/aromatic N) is 2. The van der Waals surface area contributed by atoms with Gasteiger partial charge in [-0.3, -0.25) is 9.59 Å². The van der Waals surface area contributed by atoms with E-state index < -0.39 is 6.04 Å². The fourth-order valence-corrected chi connectivity index (χ4v) is 1.86. The van der Waals surface area contributed by atoms with E-state index in [0.717, 1.165) is 12.8 Å². The summed E-state index contributed by atoms with van der Waals surface area (Å²) in [4.78, 5) is 23.4. The molecule has 104 valence electrons. The molecule has 1 atom stereocenters. The maximum absolute atomic E-state index is 12.3. The van der Waals surface area contributed by atoms with E-state index in [1.165, 1.54) is 6.92 Å². The number of nitrogens with one attached hydrogen (secondary N) is 1. The van der Waals surface area contributed by atoms with Gasteiger partial charge in [0.2, 0.25) is 17.6 Å². The maximum Gasteiger partial charge on any atom is 0.286 e. The van der Waals surface area contributed by atoms with Gasteiger partial charge < -0.3 is 9.73 Å². The molecular formula is C13H19N3O3. The molecular weight excluding hydrogens is 246 g/mol. The number of aromatic nitrogens is 2. The zero-order valence-corrected chi connectivity index (χ0v) is 11.7. The third-order valence-electron chi connectivity index (χ3n) is 3.46. The number of hydrogen-bond acceptors (Lipinski definition) is 5. The molecule has 0 saturated heterocycles. The quantitative estimate of drug-likeness (QED) is 0.815. The second-order valence-electron chi connectivity index (χ2n) is 5.76. The van der Waals surface area contributed by atoms with Crippen LogP contribution in [0.15, 0.2) is 4.42 Å². The Labute approximate surface area is 112 Å². The molecule has 1 N–H and O–H groups in total. The lowest BCUT2D eigenvalue weighted by Gasteiger charge is -2.18. The Hall–Kier alpha value is -1.72. The summed E-state index contributed by atoms with van der Waals surface area (Å²) in [5.41, 5.74) is -0.0626. The average molecular weight is 265 g/mol. The van der Waals surface area contributed by atoms with Crippen LogP contribution in [0.2, 0.25) is 0 Å². The van der Waals surface area contributed by atoms with Crippen molar-refractivity contribution in [3.63, 3.8) is 0 Å². The summed E-state index contributed by atoms with van der Waals surface area (Å²) in [6.45, 7) is 7.13. The van der Waals surface area contributed by atoms with Crippen molar-refractivity contribution in [1.29, 1.82) is 0 Å². The summed E-state index contributed by atoms with van der Waals surface area (Å²) in [5.74, 6) is -0.117. The van der Waals surface area contributed by atoms with Crippen LogP contribution in [0.5, 0.6) is 0 Å². The Morgan fingerprint density at radius 2 is 1.95 bits per heavy atom. The fourth-order valence-electron chi connectivity index (χ4n) is 1.86. The molecule has 1 saturated carbocycles. The molecule has 1 aromatic heterocycles. The van der Waals surface area contributed by atoms with E-state index in [0.29, 0.717) is 5.89 Å². The van der Waals surface area contributed by atoms with Crippen molar-refractivity contribution in [2.24, 2.45) is 5.92 Å². The highest BCUT2D eigenvalue weighted by molar-refractivity contribution is 5.98. The Morgan fingerprint density at radius 3 is 2.42 bits per heavy atom. The third kappa shape index (κ3) is 2.83. The minimum atomic E-state index is -0.627. The molecule has 6 heteroatoms. The van der Waals surface area contributed by atoms with Gasteiger partial charge in [0.05, 0.1) is 6.04 Å². The monoisotopic (exact) mass is 265 g/mol. The first-order valence-electron chi connectivity index (χ1n) is 6.49. The molecule has 1 unspecified atom stereocenters. The number of carbonyl (C=O) groups is 2. The number of rotatable bonds is 5. The summed E-state index contributed by atoms with van der Waals surface area (Å²) in [6, 6.07) is -0.627. The van der Waals surface area contributed by atoms with Crippen LogP contribution in [0, 0.1) is 5.92 Å². The predicted octanol–water partition coefficient (Wildman–Crippen LogP) is 1.46. The standard InChI is InChI=1S/C13H19N3O3/c1-7(2)9(14-8(3)17)10(18)11-15-16-12(19-11)13(4)5-6-13/h7,9H,5-6H2,1-4H3,(H,14,17). The van der Waals surface area contributed by atoms with Crippen LogP contribution in [-0.2, 0) is 10.2 Å². The smallest absolute Gasteiger partial charge is 0.286 e. The lowest BCUT2D eigenvalue weighted by molar-refractivity contribution is -0.119. The highest BCUT2D eigenvalue weighted by Crippen LogP contribution is 2.46. The van der Waals surface area contributed by atoms with Gasteiger partial charge in [0.1, 0.15) is 0 Å². The van der Waals surface area contributed by atoms with Gasteiger partial charge in [-0.2, -0.15) is 0 Å². The molecule has 1 aromatic rings. The van der Waals surface area contributed by atoms with E-state index in [4.69, 9.17) is 4.42 Å². The predicted molar refractivity (Wildman–Crippen MR) is 67.7 cm³/mol. The topological polar surface area (TPSA) is 85.1 Å². The molecule has 19 heavy (non-hydrogen) atoms. The highest BCUT2D eigenvalue weighted by Gasteiger charge is 2.45. The first-order chi connectivity index (χ1) is 8.83.